The third-order valence-electron chi connectivity index (χ3n) is 4.67. The number of hydrogen-bond acceptors (Lipinski definition) is 4. The predicted molar refractivity (Wildman–Crippen MR) is 110 cm³/mol. The average molecular weight is 386 g/mol. The van der Waals surface area contributed by atoms with Crippen LogP contribution in [0.3, 0.4) is 0 Å². The smallest absolute Gasteiger partial charge is 0.251 e. The number of hydrogen-bond donors (Lipinski definition) is 1. The second-order valence-corrected chi connectivity index (χ2v) is 6.98. The van der Waals surface area contributed by atoms with Crippen molar-refractivity contribution in [1.29, 1.82) is 0 Å². The normalized spacial score (nSPS) is 10.8. The van der Waals surface area contributed by atoms with Gasteiger partial charge in [-0.05, 0) is 55.3 Å². The molecule has 146 valence electrons. The molecule has 4 aromatic rings. The van der Waals surface area contributed by atoms with Gasteiger partial charge in [-0.15, -0.1) is 0 Å². The molecule has 1 N–H and O–H groups in total. The number of rotatable bonds is 6. The van der Waals surface area contributed by atoms with Crippen molar-refractivity contribution in [1.82, 2.24) is 29.9 Å². The van der Waals surface area contributed by atoms with Crippen molar-refractivity contribution in [3.8, 4) is 5.69 Å². The molecule has 2 aromatic heterocycles. The van der Waals surface area contributed by atoms with E-state index in [1.54, 1.807) is 11.0 Å². The molecule has 0 bridgehead atoms. The van der Waals surface area contributed by atoms with Crippen molar-refractivity contribution in [3.63, 3.8) is 0 Å². The van der Waals surface area contributed by atoms with E-state index in [1.807, 2.05) is 73.1 Å². The highest BCUT2D eigenvalue weighted by Gasteiger charge is 2.08. The Morgan fingerprint density at radius 3 is 2.34 bits per heavy atom. The van der Waals surface area contributed by atoms with Gasteiger partial charge >= 0.3 is 0 Å². The number of benzene rings is 2. The maximum absolute atomic E-state index is 12.5. The molecule has 0 fully saturated rings. The van der Waals surface area contributed by atoms with Gasteiger partial charge in [0.1, 0.15) is 12.7 Å². The molecule has 0 aliphatic rings. The highest BCUT2D eigenvalue weighted by atomic mass is 16.1. The van der Waals surface area contributed by atoms with Crippen LogP contribution in [0.5, 0.6) is 0 Å². The van der Waals surface area contributed by atoms with Gasteiger partial charge in [-0.1, -0.05) is 24.3 Å². The Bertz CT molecular complexity index is 1100. The van der Waals surface area contributed by atoms with E-state index in [2.05, 4.69) is 20.5 Å². The summed E-state index contributed by atoms with van der Waals surface area (Å²) in [6, 6.07) is 17.6. The monoisotopic (exact) mass is 386 g/mol. The van der Waals surface area contributed by atoms with Gasteiger partial charge in [-0.3, -0.25) is 4.79 Å². The molecular weight excluding hydrogens is 364 g/mol. The molecule has 7 heteroatoms. The Kier molecular flexibility index (Phi) is 5.20. The van der Waals surface area contributed by atoms with E-state index in [4.69, 9.17) is 0 Å². The first-order chi connectivity index (χ1) is 14.1. The van der Waals surface area contributed by atoms with Crippen molar-refractivity contribution in [2.24, 2.45) is 0 Å². The van der Waals surface area contributed by atoms with Gasteiger partial charge in [-0.25, -0.2) is 14.3 Å². The highest BCUT2D eigenvalue weighted by Crippen LogP contribution is 2.13. The standard InChI is InChI=1S/C22H22N6O/c1-16-11-17(2)28(26-16)21-9-7-20(8-10-21)22(29)24-12-18-3-5-19(6-4-18)13-27-15-23-14-25-27/h3-11,14-15H,12-13H2,1-2H3,(H,24,29). The Hall–Kier alpha value is -3.74. The summed E-state index contributed by atoms with van der Waals surface area (Å²) in [7, 11) is 0. The molecule has 7 nitrogen and oxygen atoms in total. The fraction of sp³-hybridized carbons (Fsp3) is 0.182. The number of aromatic nitrogens is 5. The fourth-order valence-corrected chi connectivity index (χ4v) is 3.19. The first-order valence-corrected chi connectivity index (χ1v) is 9.40. The van der Waals surface area contributed by atoms with Crippen molar-refractivity contribution in [2.45, 2.75) is 26.9 Å². The summed E-state index contributed by atoms with van der Waals surface area (Å²) >= 11 is 0. The minimum Gasteiger partial charge on any atom is -0.348 e. The Morgan fingerprint density at radius 1 is 1.00 bits per heavy atom. The zero-order chi connectivity index (χ0) is 20.2. The van der Waals surface area contributed by atoms with Gasteiger partial charge in [0.25, 0.3) is 5.91 Å². The van der Waals surface area contributed by atoms with Crippen LogP contribution in [0.25, 0.3) is 5.69 Å². The second kappa shape index (κ2) is 8.10. The number of carbonyl (C=O) groups is 1. The molecule has 0 radical (unpaired) electrons. The molecule has 0 unspecified atom stereocenters. The zero-order valence-electron chi connectivity index (χ0n) is 16.4. The lowest BCUT2D eigenvalue weighted by molar-refractivity contribution is 0.0951. The van der Waals surface area contributed by atoms with E-state index in [0.717, 1.165) is 28.2 Å². The maximum atomic E-state index is 12.5. The van der Waals surface area contributed by atoms with E-state index >= 15 is 0 Å². The zero-order valence-corrected chi connectivity index (χ0v) is 16.4. The lowest BCUT2D eigenvalue weighted by Gasteiger charge is -2.08. The number of aryl methyl sites for hydroxylation is 2. The van der Waals surface area contributed by atoms with Crippen molar-refractivity contribution < 1.29 is 4.79 Å². The molecule has 29 heavy (non-hydrogen) atoms. The van der Waals surface area contributed by atoms with E-state index < -0.39 is 0 Å². The molecule has 0 saturated carbocycles. The van der Waals surface area contributed by atoms with Crippen molar-refractivity contribution in [3.05, 3.63) is 95.3 Å². The summed E-state index contributed by atoms with van der Waals surface area (Å²) in [6.45, 7) is 5.13. The van der Waals surface area contributed by atoms with E-state index in [-0.39, 0.29) is 5.91 Å². The van der Waals surface area contributed by atoms with E-state index in [9.17, 15) is 4.79 Å². The predicted octanol–water partition coefficient (Wildman–Crippen LogP) is 3.06. The molecule has 2 aromatic carbocycles. The summed E-state index contributed by atoms with van der Waals surface area (Å²) in [5.41, 5.74) is 5.77. The topological polar surface area (TPSA) is 77.6 Å². The second-order valence-electron chi connectivity index (χ2n) is 6.98. The number of carbonyl (C=O) groups excluding carboxylic acids is 1. The summed E-state index contributed by atoms with van der Waals surface area (Å²) in [6.07, 6.45) is 3.21. The van der Waals surface area contributed by atoms with Gasteiger partial charge in [0.05, 0.1) is 17.9 Å². The van der Waals surface area contributed by atoms with Crippen LogP contribution in [0.2, 0.25) is 0 Å². The average Bonchev–Trinajstić information content (AvgIpc) is 3.36. The molecule has 0 spiro atoms. The third kappa shape index (κ3) is 4.40. The van der Waals surface area contributed by atoms with Gasteiger partial charge < -0.3 is 5.32 Å². The SMILES string of the molecule is Cc1cc(C)n(-c2ccc(C(=O)NCc3ccc(Cn4cncn4)cc3)cc2)n1. The summed E-state index contributed by atoms with van der Waals surface area (Å²) in [4.78, 5) is 16.4. The summed E-state index contributed by atoms with van der Waals surface area (Å²) in [5, 5.41) is 11.5. The van der Waals surface area contributed by atoms with Crippen LogP contribution in [0, 0.1) is 13.8 Å². The van der Waals surface area contributed by atoms with E-state index in [1.165, 1.54) is 6.33 Å². The Morgan fingerprint density at radius 2 is 1.72 bits per heavy atom. The Balaban J connectivity index is 1.35. The van der Waals surface area contributed by atoms with Crippen LogP contribution in [0.1, 0.15) is 32.9 Å². The molecule has 0 saturated heterocycles. The molecular formula is C22H22N6O. The molecule has 0 aliphatic heterocycles. The highest BCUT2D eigenvalue weighted by molar-refractivity contribution is 5.94. The molecule has 0 aliphatic carbocycles. The maximum Gasteiger partial charge on any atom is 0.251 e. The van der Waals surface area contributed by atoms with Crippen LogP contribution in [0.4, 0.5) is 0 Å². The van der Waals surface area contributed by atoms with Crippen molar-refractivity contribution >= 4 is 5.91 Å². The molecule has 4 rings (SSSR count). The van der Waals surface area contributed by atoms with Crippen LogP contribution in [-0.4, -0.2) is 30.5 Å². The van der Waals surface area contributed by atoms with Gasteiger partial charge in [0, 0.05) is 17.8 Å². The first kappa shape index (κ1) is 18.6. The minimum atomic E-state index is -0.100. The van der Waals surface area contributed by atoms with Crippen molar-refractivity contribution in [2.75, 3.05) is 0 Å². The minimum absolute atomic E-state index is 0.100. The number of nitrogens with one attached hydrogen (secondary N) is 1. The summed E-state index contributed by atoms with van der Waals surface area (Å²) in [5.74, 6) is -0.100. The largest absolute Gasteiger partial charge is 0.348 e. The number of nitrogens with zero attached hydrogens (tertiary/aromatic N) is 5. The van der Waals surface area contributed by atoms with Crippen LogP contribution >= 0.6 is 0 Å². The fourth-order valence-electron chi connectivity index (χ4n) is 3.19. The number of amides is 1. The van der Waals surface area contributed by atoms with Crippen LogP contribution in [0.15, 0.2) is 67.3 Å². The molecule has 2 heterocycles. The lowest BCUT2D eigenvalue weighted by atomic mass is 10.1. The van der Waals surface area contributed by atoms with Gasteiger partial charge in [0.2, 0.25) is 0 Å². The van der Waals surface area contributed by atoms with Gasteiger partial charge in [0.15, 0.2) is 0 Å². The Labute approximate surface area is 169 Å². The lowest BCUT2D eigenvalue weighted by Crippen LogP contribution is -2.22. The molecule has 1 amide bonds. The van der Waals surface area contributed by atoms with Crippen LogP contribution in [-0.2, 0) is 13.1 Å². The quantitative estimate of drug-likeness (QED) is 0.552. The summed E-state index contributed by atoms with van der Waals surface area (Å²) < 4.78 is 3.64. The van der Waals surface area contributed by atoms with E-state index in [0.29, 0.717) is 18.7 Å². The molecule has 0 atom stereocenters. The van der Waals surface area contributed by atoms with Crippen LogP contribution < -0.4 is 5.32 Å². The third-order valence-corrected chi connectivity index (χ3v) is 4.67. The van der Waals surface area contributed by atoms with Gasteiger partial charge in [-0.2, -0.15) is 10.2 Å². The first-order valence-electron chi connectivity index (χ1n) is 9.40.